The van der Waals surface area contributed by atoms with Crippen LogP contribution in [0.4, 0.5) is 0 Å². The van der Waals surface area contributed by atoms with Crippen LogP contribution in [0.5, 0.6) is 0 Å². The Morgan fingerprint density at radius 2 is 1.76 bits per heavy atom. The van der Waals surface area contributed by atoms with E-state index in [1.807, 2.05) is 6.92 Å². The van der Waals surface area contributed by atoms with Crippen LogP contribution in [0.3, 0.4) is 0 Å². The molecule has 0 amide bonds. The number of benzene rings is 1. The third-order valence-electron chi connectivity index (χ3n) is 3.88. The van der Waals surface area contributed by atoms with Crippen molar-refractivity contribution in [3.63, 3.8) is 0 Å². The molecule has 4 nitrogen and oxygen atoms in total. The Bertz CT molecular complexity index is 437. The van der Waals surface area contributed by atoms with E-state index in [1.54, 1.807) is 0 Å². The Balaban J connectivity index is 1.82. The zero-order valence-corrected chi connectivity index (χ0v) is 12.9. The van der Waals surface area contributed by atoms with Crippen molar-refractivity contribution < 1.29 is 9.84 Å². The van der Waals surface area contributed by atoms with Crippen LogP contribution in [0.15, 0.2) is 30.8 Å². The van der Waals surface area contributed by atoms with Crippen molar-refractivity contribution in [2.24, 2.45) is 0 Å². The van der Waals surface area contributed by atoms with Gasteiger partial charge in [0.2, 0.25) is 0 Å². The highest BCUT2D eigenvalue weighted by atomic mass is 16.5. The van der Waals surface area contributed by atoms with Gasteiger partial charge in [0.1, 0.15) is 5.76 Å². The lowest BCUT2D eigenvalue weighted by Gasteiger charge is -2.34. The van der Waals surface area contributed by atoms with Crippen LogP contribution >= 0.6 is 0 Å². The SMILES string of the molecule is C=C(OCC)c1ccc(CN2CCN(CCO)CC2)cc1. The molecule has 1 N–H and O–H groups in total. The molecule has 116 valence electrons. The molecule has 0 radical (unpaired) electrons. The van der Waals surface area contributed by atoms with Gasteiger partial charge in [0, 0.05) is 44.8 Å². The molecule has 4 heteroatoms. The lowest BCUT2D eigenvalue weighted by Crippen LogP contribution is -2.46. The zero-order valence-electron chi connectivity index (χ0n) is 12.9. The predicted octanol–water partition coefficient (Wildman–Crippen LogP) is 1.80. The smallest absolute Gasteiger partial charge is 0.119 e. The van der Waals surface area contributed by atoms with E-state index in [2.05, 4.69) is 40.6 Å². The molecular formula is C17H26N2O2. The van der Waals surface area contributed by atoms with E-state index in [1.165, 1.54) is 5.56 Å². The topological polar surface area (TPSA) is 35.9 Å². The molecule has 1 aliphatic rings. The van der Waals surface area contributed by atoms with Crippen LogP contribution in [-0.2, 0) is 11.3 Å². The first-order chi connectivity index (χ1) is 10.2. The first-order valence-electron chi connectivity index (χ1n) is 7.69. The van der Waals surface area contributed by atoms with Gasteiger partial charge in [0.15, 0.2) is 0 Å². The van der Waals surface area contributed by atoms with Gasteiger partial charge in [0.25, 0.3) is 0 Å². The summed E-state index contributed by atoms with van der Waals surface area (Å²) in [5.41, 5.74) is 2.37. The lowest BCUT2D eigenvalue weighted by molar-refractivity contribution is 0.108. The van der Waals surface area contributed by atoms with Gasteiger partial charge in [-0.05, 0) is 12.5 Å². The number of aliphatic hydroxyl groups is 1. The minimum absolute atomic E-state index is 0.255. The van der Waals surface area contributed by atoms with Gasteiger partial charge in [-0.25, -0.2) is 0 Å². The van der Waals surface area contributed by atoms with E-state index in [0.29, 0.717) is 6.61 Å². The molecule has 0 bridgehead atoms. The molecule has 0 aromatic heterocycles. The van der Waals surface area contributed by atoms with Crippen molar-refractivity contribution in [1.82, 2.24) is 9.80 Å². The molecule has 1 aromatic rings. The standard InChI is InChI=1S/C17H26N2O2/c1-3-21-15(2)17-6-4-16(5-7-17)14-19-10-8-18(9-11-19)12-13-20/h4-7,20H,2-3,8-14H2,1H3. The minimum Gasteiger partial charge on any atom is -0.494 e. The maximum atomic E-state index is 8.96. The fourth-order valence-corrected chi connectivity index (χ4v) is 2.62. The number of piperazine rings is 1. The zero-order chi connectivity index (χ0) is 15.1. The van der Waals surface area contributed by atoms with Gasteiger partial charge in [-0.3, -0.25) is 9.80 Å². The van der Waals surface area contributed by atoms with E-state index in [-0.39, 0.29) is 6.61 Å². The Morgan fingerprint density at radius 1 is 1.14 bits per heavy atom. The number of aliphatic hydroxyl groups excluding tert-OH is 1. The molecule has 0 aliphatic carbocycles. The Kier molecular flexibility index (Phi) is 6.23. The molecular weight excluding hydrogens is 264 g/mol. The Morgan fingerprint density at radius 3 is 2.33 bits per heavy atom. The maximum Gasteiger partial charge on any atom is 0.119 e. The van der Waals surface area contributed by atoms with Crippen LogP contribution in [-0.4, -0.2) is 60.8 Å². The van der Waals surface area contributed by atoms with Crippen molar-refractivity contribution >= 4 is 5.76 Å². The van der Waals surface area contributed by atoms with Crippen LogP contribution in [0, 0.1) is 0 Å². The summed E-state index contributed by atoms with van der Waals surface area (Å²) >= 11 is 0. The molecule has 1 aliphatic heterocycles. The normalized spacial score (nSPS) is 16.9. The summed E-state index contributed by atoms with van der Waals surface area (Å²) < 4.78 is 5.42. The molecule has 0 saturated carbocycles. The predicted molar refractivity (Wildman–Crippen MR) is 85.9 cm³/mol. The second-order valence-electron chi connectivity index (χ2n) is 5.39. The van der Waals surface area contributed by atoms with Crippen LogP contribution in [0.25, 0.3) is 5.76 Å². The molecule has 0 unspecified atom stereocenters. The number of β-amino-alcohol motifs (C(OH)–C–C–N with tert-alkyl or cyclic N) is 1. The number of rotatable bonds is 7. The van der Waals surface area contributed by atoms with Gasteiger partial charge in [-0.1, -0.05) is 30.8 Å². The lowest BCUT2D eigenvalue weighted by atomic mass is 10.1. The van der Waals surface area contributed by atoms with Crippen molar-refractivity contribution in [2.45, 2.75) is 13.5 Å². The van der Waals surface area contributed by atoms with Crippen molar-refractivity contribution in [2.75, 3.05) is 45.9 Å². The second-order valence-corrected chi connectivity index (χ2v) is 5.39. The Labute approximate surface area is 127 Å². The van der Waals surface area contributed by atoms with Gasteiger partial charge >= 0.3 is 0 Å². The quantitative estimate of drug-likeness (QED) is 0.777. The molecule has 0 spiro atoms. The summed E-state index contributed by atoms with van der Waals surface area (Å²) in [5.74, 6) is 0.738. The molecule has 1 saturated heterocycles. The minimum atomic E-state index is 0.255. The summed E-state index contributed by atoms with van der Waals surface area (Å²) in [6.45, 7) is 12.8. The summed E-state index contributed by atoms with van der Waals surface area (Å²) in [5, 5.41) is 8.96. The summed E-state index contributed by atoms with van der Waals surface area (Å²) in [6, 6.07) is 8.46. The fraction of sp³-hybridized carbons (Fsp3) is 0.529. The molecule has 1 fully saturated rings. The van der Waals surface area contributed by atoms with Crippen LogP contribution < -0.4 is 0 Å². The Hall–Kier alpha value is -1.36. The van der Waals surface area contributed by atoms with E-state index >= 15 is 0 Å². The first-order valence-corrected chi connectivity index (χ1v) is 7.69. The molecule has 1 heterocycles. The molecule has 2 rings (SSSR count). The average Bonchev–Trinajstić information content (AvgIpc) is 2.50. The molecule has 0 atom stereocenters. The third-order valence-corrected chi connectivity index (χ3v) is 3.88. The van der Waals surface area contributed by atoms with Gasteiger partial charge in [-0.2, -0.15) is 0 Å². The number of hydrogen-bond acceptors (Lipinski definition) is 4. The van der Waals surface area contributed by atoms with Gasteiger partial charge < -0.3 is 9.84 Å². The van der Waals surface area contributed by atoms with Gasteiger partial charge in [-0.15, -0.1) is 0 Å². The highest BCUT2D eigenvalue weighted by molar-refractivity contribution is 5.57. The fourth-order valence-electron chi connectivity index (χ4n) is 2.62. The van der Waals surface area contributed by atoms with Gasteiger partial charge in [0.05, 0.1) is 13.2 Å². The van der Waals surface area contributed by atoms with E-state index in [0.717, 1.165) is 50.6 Å². The number of nitrogens with zero attached hydrogens (tertiary/aromatic N) is 2. The monoisotopic (exact) mass is 290 g/mol. The second kappa shape index (κ2) is 8.17. The van der Waals surface area contributed by atoms with E-state index < -0.39 is 0 Å². The van der Waals surface area contributed by atoms with Crippen LogP contribution in [0.2, 0.25) is 0 Å². The summed E-state index contributed by atoms with van der Waals surface area (Å²) in [4.78, 5) is 4.77. The van der Waals surface area contributed by atoms with Crippen LogP contribution in [0.1, 0.15) is 18.1 Å². The number of ether oxygens (including phenoxy) is 1. The molecule has 21 heavy (non-hydrogen) atoms. The van der Waals surface area contributed by atoms with Crippen molar-refractivity contribution in [1.29, 1.82) is 0 Å². The molecule has 1 aromatic carbocycles. The third kappa shape index (κ3) is 4.84. The highest BCUT2D eigenvalue weighted by Gasteiger charge is 2.16. The number of hydrogen-bond donors (Lipinski definition) is 1. The summed E-state index contributed by atoms with van der Waals surface area (Å²) in [6.07, 6.45) is 0. The average molecular weight is 290 g/mol. The van der Waals surface area contributed by atoms with Crippen molar-refractivity contribution in [3.05, 3.63) is 42.0 Å². The largest absolute Gasteiger partial charge is 0.494 e. The van der Waals surface area contributed by atoms with Crippen molar-refractivity contribution in [3.8, 4) is 0 Å². The summed E-state index contributed by atoms with van der Waals surface area (Å²) in [7, 11) is 0. The maximum absolute atomic E-state index is 8.96. The van der Waals surface area contributed by atoms with E-state index in [4.69, 9.17) is 9.84 Å². The van der Waals surface area contributed by atoms with E-state index in [9.17, 15) is 0 Å². The first kappa shape index (κ1) is 16.0. The highest BCUT2D eigenvalue weighted by Crippen LogP contribution is 2.16.